The minimum Gasteiger partial charge on any atom is -0.478 e. The van der Waals surface area contributed by atoms with Gasteiger partial charge in [-0.1, -0.05) is 18.2 Å². The van der Waals surface area contributed by atoms with Gasteiger partial charge in [-0.3, -0.25) is 4.98 Å². The standard InChI is InChI=1S/C11H9NO2.Al.3H/c1-7-5-6-8-3-2-4-9(11(13)14)10(8)12-7;;;;/h2-6H,1H3,(H,13,14);;;;. The van der Waals surface area contributed by atoms with E-state index in [1.165, 1.54) is 0 Å². The number of para-hydroxylation sites is 1. The minimum absolute atomic E-state index is 0. The number of rotatable bonds is 1. The summed E-state index contributed by atoms with van der Waals surface area (Å²) in [5.74, 6) is -0.936. The van der Waals surface area contributed by atoms with Crippen LogP contribution in [-0.4, -0.2) is 33.4 Å². The number of carbonyl (C=O) groups is 1. The molecule has 0 saturated heterocycles. The summed E-state index contributed by atoms with van der Waals surface area (Å²) in [6, 6.07) is 8.90. The Morgan fingerprint density at radius 2 is 2.00 bits per heavy atom. The number of nitrogens with zero attached hydrogens (tertiary/aromatic N) is 1. The van der Waals surface area contributed by atoms with E-state index in [9.17, 15) is 4.79 Å². The third-order valence-corrected chi connectivity index (χ3v) is 2.09. The van der Waals surface area contributed by atoms with Gasteiger partial charge in [-0.05, 0) is 19.1 Å². The maximum Gasteiger partial charge on any atom is 0.337 e. The first kappa shape index (κ1) is 11.7. The summed E-state index contributed by atoms with van der Waals surface area (Å²) in [4.78, 5) is 15.1. The highest BCUT2D eigenvalue weighted by Crippen LogP contribution is 2.16. The van der Waals surface area contributed by atoms with Gasteiger partial charge in [0.2, 0.25) is 0 Å². The van der Waals surface area contributed by atoms with Crippen LogP contribution in [0.25, 0.3) is 10.9 Å². The maximum absolute atomic E-state index is 10.9. The molecule has 0 saturated carbocycles. The molecule has 1 heterocycles. The van der Waals surface area contributed by atoms with Gasteiger partial charge in [0.15, 0.2) is 17.4 Å². The Labute approximate surface area is 97.9 Å². The fourth-order valence-corrected chi connectivity index (χ4v) is 1.42. The van der Waals surface area contributed by atoms with E-state index in [1.54, 1.807) is 12.1 Å². The van der Waals surface area contributed by atoms with Crippen LogP contribution in [0.15, 0.2) is 30.3 Å². The molecule has 2 aromatic rings. The van der Waals surface area contributed by atoms with Crippen molar-refractivity contribution in [3.63, 3.8) is 0 Å². The van der Waals surface area contributed by atoms with E-state index in [0.29, 0.717) is 5.52 Å². The number of fused-ring (bicyclic) bond motifs is 1. The summed E-state index contributed by atoms with van der Waals surface area (Å²) in [5, 5.41) is 9.79. The normalized spacial score (nSPS) is 9.67. The molecule has 3 nitrogen and oxygen atoms in total. The first-order valence-corrected chi connectivity index (χ1v) is 4.28. The third kappa shape index (κ3) is 2.17. The van der Waals surface area contributed by atoms with Crippen LogP contribution in [-0.2, 0) is 0 Å². The maximum atomic E-state index is 10.9. The lowest BCUT2D eigenvalue weighted by molar-refractivity contribution is 0.0699. The first-order valence-electron chi connectivity index (χ1n) is 4.28. The summed E-state index contributed by atoms with van der Waals surface area (Å²) in [7, 11) is 0. The summed E-state index contributed by atoms with van der Waals surface area (Å²) < 4.78 is 0. The van der Waals surface area contributed by atoms with Gasteiger partial charge in [0.1, 0.15) is 0 Å². The van der Waals surface area contributed by atoms with Crippen molar-refractivity contribution < 1.29 is 9.90 Å². The lowest BCUT2D eigenvalue weighted by Gasteiger charge is -2.01. The number of carboxylic acids is 1. The van der Waals surface area contributed by atoms with Crippen LogP contribution in [0.1, 0.15) is 16.1 Å². The predicted octanol–water partition coefficient (Wildman–Crippen LogP) is 1.06. The van der Waals surface area contributed by atoms with Crippen LogP contribution in [0, 0.1) is 6.92 Å². The first-order chi connectivity index (χ1) is 6.68. The molecule has 0 unspecified atom stereocenters. The number of carboxylic acid groups (broad SMARTS) is 1. The summed E-state index contributed by atoms with van der Waals surface area (Å²) in [6.07, 6.45) is 0. The Morgan fingerprint density at radius 1 is 1.27 bits per heavy atom. The lowest BCUT2D eigenvalue weighted by atomic mass is 10.1. The number of aromatic nitrogens is 1. The molecule has 0 amide bonds. The molecule has 2 rings (SSSR count). The second-order valence-corrected chi connectivity index (χ2v) is 3.14. The molecule has 1 aromatic carbocycles. The summed E-state index contributed by atoms with van der Waals surface area (Å²) in [6.45, 7) is 1.85. The van der Waals surface area contributed by atoms with Crippen molar-refractivity contribution in [1.29, 1.82) is 0 Å². The average molecular weight is 217 g/mol. The van der Waals surface area contributed by atoms with Crippen molar-refractivity contribution in [3.05, 3.63) is 41.6 Å². The van der Waals surface area contributed by atoms with Crippen LogP contribution in [0.5, 0.6) is 0 Å². The Morgan fingerprint density at radius 3 is 2.67 bits per heavy atom. The van der Waals surface area contributed by atoms with Crippen molar-refractivity contribution >= 4 is 34.2 Å². The number of pyridine rings is 1. The van der Waals surface area contributed by atoms with Gasteiger partial charge in [-0.25, -0.2) is 4.79 Å². The van der Waals surface area contributed by atoms with E-state index in [-0.39, 0.29) is 22.9 Å². The molecule has 0 aliphatic carbocycles. The van der Waals surface area contributed by atoms with Crippen molar-refractivity contribution in [2.75, 3.05) is 0 Å². The molecule has 0 aliphatic rings. The molecule has 0 bridgehead atoms. The fraction of sp³-hybridized carbons (Fsp3) is 0.0909. The van der Waals surface area contributed by atoms with E-state index in [4.69, 9.17) is 5.11 Å². The molecule has 4 heteroatoms. The zero-order valence-electron chi connectivity index (χ0n) is 7.69. The van der Waals surface area contributed by atoms with Gasteiger partial charge in [-0.15, -0.1) is 0 Å². The second kappa shape index (κ2) is 4.43. The molecule has 0 spiro atoms. The molecule has 1 aromatic heterocycles. The molecule has 0 aliphatic heterocycles. The quantitative estimate of drug-likeness (QED) is 0.726. The van der Waals surface area contributed by atoms with E-state index in [2.05, 4.69) is 4.98 Å². The molecular weight excluding hydrogens is 205 g/mol. The topological polar surface area (TPSA) is 50.2 Å². The Kier molecular flexibility index (Phi) is 3.46. The molecular formula is C11H12AlNO2. The Balaban J connectivity index is 0.00000112. The van der Waals surface area contributed by atoms with Crippen molar-refractivity contribution in [2.24, 2.45) is 0 Å². The second-order valence-electron chi connectivity index (χ2n) is 3.14. The third-order valence-electron chi connectivity index (χ3n) is 2.09. The van der Waals surface area contributed by atoms with Crippen molar-refractivity contribution in [3.8, 4) is 0 Å². The highest BCUT2D eigenvalue weighted by Gasteiger charge is 2.08. The molecule has 15 heavy (non-hydrogen) atoms. The summed E-state index contributed by atoms with van der Waals surface area (Å²) >= 11 is 0. The minimum atomic E-state index is -0.936. The number of hydrogen-bond acceptors (Lipinski definition) is 2. The van der Waals surface area contributed by atoms with E-state index in [0.717, 1.165) is 11.1 Å². The van der Waals surface area contributed by atoms with Gasteiger partial charge in [0.25, 0.3) is 0 Å². The zero-order chi connectivity index (χ0) is 10.1. The van der Waals surface area contributed by atoms with Crippen LogP contribution in [0.4, 0.5) is 0 Å². The van der Waals surface area contributed by atoms with Gasteiger partial charge in [-0.2, -0.15) is 0 Å². The smallest absolute Gasteiger partial charge is 0.337 e. The predicted molar refractivity (Wildman–Crippen MR) is 63.4 cm³/mol. The Hall–Kier alpha value is -1.37. The fourth-order valence-electron chi connectivity index (χ4n) is 1.42. The van der Waals surface area contributed by atoms with Crippen LogP contribution >= 0.6 is 0 Å². The highest BCUT2D eigenvalue weighted by molar-refractivity contribution is 6.01. The van der Waals surface area contributed by atoms with Gasteiger partial charge in [0, 0.05) is 11.1 Å². The van der Waals surface area contributed by atoms with Crippen molar-refractivity contribution in [1.82, 2.24) is 4.98 Å². The SMILES string of the molecule is Cc1ccc2cccc(C(=O)O)c2n1.[AlH3]. The summed E-state index contributed by atoms with van der Waals surface area (Å²) in [5.41, 5.74) is 1.64. The molecule has 1 N–H and O–H groups in total. The van der Waals surface area contributed by atoms with Crippen molar-refractivity contribution in [2.45, 2.75) is 6.92 Å². The number of aromatic carboxylic acids is 1. The molecule has 0 radical (unpaired) electrons. The molecule has 0 atom stereocenters. The number of benzene rings is 1. The monoisotopic (exact) mass is 217 g/mol. The van der Waals surface area contributed by atoms with Gasteiger partial charge < -0.3 is 5.11 Å². The Bertz CT molecular complexity index is 511. The van der Waals surface area contributed by atoms with E-state index < -0.39 is 5.97 Å². The zero-order valence-corrected chi connectivity index (χ0v) is 7.69. The lowest BCUT2D eigenvalue weighted by Crippen LogP contribution is -1.99. The van der Waals surface area contributed by atoms with Crippen LogP contribution in [0.2, 0.25) is 0 Å². The van der Waals surface area contributed by atoms with Crippen LogP contribution in [0.3, 0.4) is 0 Å². The number of aryl methyl sites for hydroxylation is 1. The van der Waals surface area contributed by atoms with Crippen LogP contribution < -0.4 is 0 Å². The molecule has 76 valence electrons. The molecule has 0 fully saturated rings. The van der Waals surface area contributed by atoms with E-state index >= 15 is 0 Å². The average Bonchev–Trinajstić information content (AvgIpc) is 2.16. The van der Waals surface area contributed by atoms with Gasteiger partial charge in [0.05, 0.1) is 11.1 Å². The largest absolute Gasteiger partial charge is 0.478 e. The van der Waals surface area contributed by atoms with E-state index in [1.807, 2.05) is 25.1 Å². The number of hydrogen-bond donors (Lipinski definition) is 1. The highest BCUT2D eigenvalue weighted by atomic mass is 27.0. The van der Waals surface area contributed by atoms with Gasteiger partial charge >= 0.3 is 5.97 Å².